The van der Waals surface area contributed by atoms with Crippen LogP contribution >= 0.6 is 11.3 Å². The first-order valence-corrected chi connectivity index (χ1v) is 9.72. The molecule has 0 aliphatic carbocycles. The first-order valence-electron chi connectivity index (χ1n) is 8.90. The van der Waals surface area contributed by atoms with E-state index in [1.807, 2.05) is 43.5 Å². The first kappa shape index (κ1) is 19.1. The Bertz CT molecular complexity index is 858. The molecular weight excluding hydrogens is 358 g/mol. The molecule has 3 rings (SSSR count). The summed E-state index contributed by atoms with van der Waals surface area (Å²) in [6, 6.07) is 5.85. The molecule has 1 atom stereocenters. The van der Waals surface area contributed by atoms with Gasteiger partial charge in [-0.05, 0) is 49.4 Å². The van der Waals surface area contributed by atoms with Crippen molar-refractivity contribution in [2.45, 2.75) is 13.3 Å². The van der Waals surface area contributed by atoms with Gasteiger partial charge in [0.1, 0.15) is 5.82 Å². The number of thiazole rings is 1. The Labute approximate surface area is 163 Å². The zero-order valence-corrected chi connectivity index (χ0v) is 16.2. The van der Waals surface area contributed by atoms with Gasteiger partial charge in [0, 0.05) is 37.5 Å². The monoisotopic (exact) mass is 383 g/mol. The third kappa shape index (κ3) is 4.96. The largest absolute Gasteiger partial charge is 0.405 e. The highest BCUT2D eigenvalue weighted by molar-refractivity contribution is 7.18. The van der Waals surface area contributed by atoms with Crippen LogP contribution in [0.4, 0.5) is 10.9 Å². The summed E-state index contributed by atoms with van der Waals surface area (Å²) < 4.78 is 0. The fourth-order valence-corrected chi connectivity index (χ4v) is 3.92. The molecule has 1 aliphatic heterocycles. The number of nitrogens with two attached hydrogens (primary N) is 1. The molecule has 2 aromatic heterocycles. The minimum absolute atomic E-state index is 0.239. The molecule has 7 heteroatoms. The van der Waals surface area contributed by atoms with Crippen LogP contribution in [-0.4, -0.2) is 34.8 Å². The van der Waals surface area contributed by atoms with Crippen molar-refractivity contribution in [2.24, 2.45) is 11.7 Å². The maximum atomic E-state index is 9.32. The summed E-state index contributed by atoms with van der Waals surface area (Å²) in [5, 5.41) is 13.5. The number of hydrogen-bond donors (Lipinski definition) is 3. The Morgan fingerprint density at radius 3 is 3.11 bits per heavy atom. The van der Waals surface area contributed by atoms with Gasteiger partial charge in [-0.2, -0.15) is 0 Å². The van der Waals surface area contributed by atoms with Crippen LogP contribution in [0.1, 0.15) is 13.3 Å². The van der Waals surface area contributed by atoms with Crippen LogP contribution in [0, 0.1) is 5.92 Å². The van der Waals surface area contributed by atoms with Crippen LogP contribution in [0.15, 0.2) is 60.6 Å². The van der Waals surface area contributed by atoms with Crippen LogP contribution in [-0.2, 0) is 0 Å². The van der Waals surface area contributed by atoms with E-state index in [0.29, 0.717) is 5.92 Å². The van der Waals surface area contributed by atoms with Crippen LogP contribution in [0.25, 0.3) is 10.6 Å². The Hall–Kier alpha value is -2.64. The number of anilines is 2. The lowest BCUT2D eigenvalue weighted by molar-refractivity contribution is 0.238. The molecule has 1 fully saturated rings. The fourth-order valence-electron chi connectivity index (χ4n) is 3.00. The molecule has 1 saturated heterocycles. The molecule has 0 radical (unpaired) electrons. The number of aromatic nitrogens is 2. The van der Waals surface area contributed by atoms with Gasteiger partial charge in [0.15, 0.2) is 5.13 Å². The van der Waals surface area contributed by atoms with E-state index in [4.69, 9.17) is 5.73 Å². The minimum atomic E-state index is 0.239. The maximum absolute atomic E-state index is 9.32. The summed E-state index contributed by atoms with van der Waals surface area (Å²) in [4.78, 5) is 12.5. The summed E-state index contributed by atoms with van der Waals surface area (Å²) in [6.45, 7) is 8.01. The Morgan fingerprint density at radius 2 is 2.37 bits per heavy atom. The van der Waals surface area contributed by atoms with Gasteiger partial charge in [0.2, 0.25) is 0 Å². The third-order valence-electron chi connectivity index (χ3n) is 4.36. The number of aliphatic hydroxyl groups excluding tert-OH is 1. The molecular formula is C20H25N5OS. The van der Waals surface area contributed by atoms with E-state index in [2.05, 4.69) is 26.8 Å². The number of pyridine rings is 1. The molecule has 3 heterocycles. The van der Waals surface area contributed by atoms with Crippen molar-refractivity contribution in [3.63, 3.8) is 0 Å². The highest BCUT2D eigenvalue weighted by Crippen LogP contribution is 2.33. The van der Waals surface area contributed by atoms with Crippen molar-refractivity contribution in [2.75, 3.05) is 29.9 Å². The Kier molecular flexibility index (Phi) is 6.26. The van der Waals surface area contributed by atoms with Gasteiger partial charge in [-0.25, -0.2) is 9.97 Å². The quantitative estimate of drug-likeness (QED) is 0.636. The SMILES string of the molecule is C=C(/C=C(C)\C=C/N)Nc1cccc(-c2cnc(N3CCC(CO)C3)s2)n1. The number of hydrogen-bond acceptors (Lipinski definition) is 7. The molecule has 4 N–H and O–H groups in total. The highest BCUT2D eigenvalue weighted by atomic mass is 32.1. The van der Waals surface area contributed by atoms with E-state index in [1.54, 1.807) is 11.3 Å². The Balaban J connectivity index is 1.71. The summed E-state index contributed by atoms with van der Waals surface area (Å²) in [5.41, 5.74) is 8.02. The van der Waals surface area contributed by atoms with Crippen molar-refractivity contribution >= 4 is 22.3 Å². The predicted octanol–water partition coefficient (Wildman–Crippen LogP) is 3.37. The molecule has 142 valence electrons. The summed E-state index contributed by atoms with van der Waals surface area (Å²) in [6.07, 6.45) is 8.10. The van der Waals surface area contributed by atoms with E-state index >= 15 is 0 Å². The number of allylic oxidation sites excluding steroid dienone is 3. The normalized spacial score (nSPS) is 17.6. The second-order valence-electron chi connectivity index (χ2n) is 6.60. The molecule has 1 unspecified atom stereocenters. The topological polar surface area (TPSA) is 87.3 Å². The molecule has 1 aliphatic rings. The number of rotatable bonds is 7. The standard InChI is InChI=1S/C20H25N5OS/c1-14(6-8-21)10-15(2)23-19-5-3-4-17(24-19)18-11-22-20(27-18)25-9-7-16(12-25)13-26/h3-6,8,10-11,16,26H,2,7,9,12-13,21H2,1H3,(H,23,24)/b8-6-,14-10-. The maximum Gasteiger partial charge on any atom is 0.185 e. The van der Waals surface area contributed by atoms with Crippen LogP contribution in [0.5, 0.6) is 0 Å². The zero-order valence-electron chi connectivity index (χ0n) is 15.4. The molecule has 6 nitrogen and oxygen atoms in total. The van der Waals surface area contributed by atoms with E-state index in [1.165, 1.54) is 6.20 Å². The van der Waals surface area contributed by atoms with E-state index < -0.39 is 0 Å². The van der Waals surface area contributed by atoms with Gasteiger partial charge >= 0.3 is 0 Å². The summed E-state index contributed by atoms with van der Waals surface area (Å²) in [7, 11) is 0. The average molecular weight is 384 g/mol. The highest BCUT2D eigenvalue weighted by Gasteiger charge is 2.24. The third-order valence-corrected chi connectivity index (χ3v) is 5.44. The number of nitrogens with zero attached hydrogens (tertiary/aromatic N) is 3. The van der Waals surface area contributed by atoms with Gasteiger partial charge in [-0.1, -0.05) is 24.0 Å². The van der Waals surface area contributed by atoms with Gasteiger partial charge in [0.05, 0.1) is 10.6 Å². The summed E-state index contributed by atoms with van der Waals surface area (Å²) in [5.74, 6) is 1.08. The second-order valence-corrected chi connectivity index (χ2v) is 7.61. The van der Waals surface area contributed by atoms with Crippen molar-refractivity contribution in [3.05, 3.63) is 60.6 Å². The molecule has 27 heavy (non-hydrogen) atoms. The lowest BCUT2D eigenvalue weighted by atomic mass is 10.1. The minimum Gasteiger partial charge on any atom is -0.405 e. The van der Waals surface area contributed by atoms with Crippen LogP contribution in [0.2, 0.25) is 0 Å². The van der Waals surface area contributed by atoms with Gasteiger partial charge in [-0.3, -0.25) is 0 Å². The molecule has 0 aromatic carbocycles. The van der Waals surface area contributed by atoms with Crippen LogP contribution < -0.4 is 16.0 Å². The van der Waals surface area contributed by atoms with Gasteiger partial charge in [0.25, 0.3) is 0 Å². The molecule has 0 saturated carbocycles. The molecule has 0 bridgehead atoms. The van der Waals surface area contributed by atoms with Crippen molar-refractivity contribution < 1.29 is 5.11 Å². The number of nitrogens with one attached hydrogen (secondary N) is 1. The number of aliphatic hydroxyl groups is 1. The van der Waals surface area contributed by atoms with Crippen molar-refractivity contribution in [1.82, 2.24) is 9.97 Å². The van der Waals surface area contributed by atoms with E-state index in [0.717, 1.165) is 52.3 Å². The zero-order chi connectivity index (χ0) is 19.2. The molecule has 0 spiro atoms. The molecule has 2 aromatic rings. The van der Waals surface area contributed by atoms with Gasteiger partial charge < -0.3 is 21.1 Å². The van der Waals surface area contributed by atoms with Crippen molar-refractivity contribution in [3.8, 4) is 10.6 Å². The van der Waals surface area contributed by atoms with E-state index in [-0.39, 0.29) is 6.61 Å². The molecule has 0 amide bonds. The average Bonchev–Trinajstić information content (AvgIpc) is 3.31. The van der Waals surface area contributed by atoms with Gasteiger partial charge in [-0.15, -0.1) is 0 Å². The lowest BCUT2D eigenvalue weighted by Gasteiger charge is -2.13. The smallest absolute Gasteiger partial charge is 0.185 e. The fraction of sp³-hybridized carbons (Fsp3) is 0.300. The second kappa shape index (κ2) is 8.83. The summed E-state index contributed by atoms with van der Waals surface area (Å²) >= 11 is 1.63. The predicted molar refractivity (Wildman–Crippen MR) is 113 cm³/mol. The van der Waals surface area contributed by atoms with E-state index in [9.17, 15) is 5.11 Å². The first-order chi connectivity index (χ1) is 13.1. The Morgan fingerprint density at radius 1 is 1.52 bits per heavy atom. The lowest BCUT2D eigenvalue weighted by Crippen LogP contribution is -2.20. The van der Waals surface area contributed by atoms with Crippen LogP contribution in [0.3, 0.4) is 0 Å². The van der Waals surface area contributed by atoms with Crippen molar-refractivity contribution in [1.29, 1.82) is 0 Å².